The topological polar surface area (TPSA) is 24.7 Å². The zero-order valence-electron chi connectivity index (χ0n) is 4.10. The predicted octanol–water partition coefficient (Wildman–Crippen LogP) is 1.08. The number of rotatable bonds is 1. The van der Waals surface area contributed by atoms with Gasteiger partial charge in [-0.25, -0.2) is 0 Å². The minimum Gasteiger partial charge on any atom is -0.167 e. The Morgan fingerprint density at radius 3 is 2.00 bits per heavy atom. The molecule has 2 heteroatoms. The lowest BCUT2D eigenvalue weighted by Crippen LogP contribution is -1.73. The van der Waals surface area contributed by atoms with Gasteiger partial charge in [0.05, 0.1) is 0 Å². The van der Waals surface area contributed by atoms with Crippen LogP contribution in [0, 0.1) is 0 Å². The van der Waals surface area contributed by atoms with Gasteiger partial charge in [-0.15, -0.1) is 0 Å². The van der Waals surface area contributed by atoms with Crippen molar-refractivity contribution in [2.24, 2.45) is 10.2 Å². The molecule has 0 aliphatic rings. The first kappa shape index (κ1) is 5.34. The van der Waals surface area contributed by atoms with Crippen LogP contribution in [0.2, 0.25) is 0 Å². The maximum absolute atomic E-state index is 3.56. The van der Waals surface area contributed by atoms with Gasteiger partial charge in [0.25, 0.3) is 0 Å². The van der Waals surface area contributed by atoms with E-state index in [1.54, 1.807) is 0 Å². The van der Waals surface area contributed by atoms with Crippen molar-refractivity contribution in [3.63, 3.8) is 0 Å². The van der Waals surface area contributed by atoms with Crippen molar-refractivity contribution in [1.82, 2.24) is 0 Å². The molecule has 6 heavy (non-hydrogen) atoms. The van der Waals surface area contributed by atoms with Gasteiger partial charge in [-0.05, 0) is 13.8 Å². The van der Waals surface area contributed by atoms with Gasteiger partial charge in [0.15, 0.2) is 0 Å². The largest absolute Gasteiger partial charge is 0.167 e. The molecular formula is C4H8N2. The van der Waals surface area contributed by atoms with Gasteiger partial charge in [-0.2, -0.15) is 10.2 Å². The van der Waals surface area contributed by atoms with Crippen molar-refractivity contribution in [3.8, 4) is 0 Å². The van der Waals surface area contributed by atoms with E-state index >= 15 is 0 Å². The lowest BCUT2D eigenvalue weighted by molar-refractivity contribution is 1.25. The van der Waals surface area contributed by atoms with Crippen LogP contribution >= 0.6 is 0 Å². The monoisotopic (exact) mass is 84.1 g/mol. The molecule has 0 aromatic rings. The van der Waals surface area contributed by atoms with Crippen LogP contribution in [0.25, 0.3) is 0 Å². The molecule has 0 aliphatic carbocycles. The number of hydrogen-bond donors (Lipinski definition) is 0. The molecule has 2 nitrogen and oxygen atoms in total. The zero-order chi connectivity index (χ0) is 4.99. The minimum atomic E-state index is 0.935. The molecule has 0 atom stereocenters. The van der Waals surface area contributed by atoms with Gasteiger partial charge in [0, 0.05) is 12.4 Å². The van der Waals surface area contributed by atoms with Gasteiger partial charge in [-0.1, -0.05) is 0 Å². The first-order chi connectivity index (χ1) is 2.77. The number of hydrogen-bond acceptors (Lipinski definition) is 2. The summed E-state index contributed by atoms with van der Waals surface area (Å²) in [5, 5.41) is 6.83. The molecule has 0 radical (unpaired) electrons. The molecule has 0 unspecified atom stereocenters. The average Bonchev–Trinajstić information content (AvgIpc) is 1.35. The van der Waals surface area contributed by atoms with Crippen LogP contribution in [0.15, 0.2) is 10.2 Å². The summed E-state index contributed by atoms with van der Waals surface area (Å²) in [5.74, 6) is 0. The van der Waals surface area contributed by atoms with E-state index < -0.39 is 0 Å². The van der Waals surface area contributed by atoms with Gasteiger partial charge in [0.1, 0.15) is 0 Å². The molecule has 0 N–H and O–H groups in total. The Balaban J connectivity index is 3.41. The standard InChI is InChI=1S/C4H8N2/c1-4(2)6-5-3/h3H2,1-2H3. The summed E-state index contributed by atoms with van der Waals surface area (Å²) < 4.78 is 0. The molecule has 0 aliphatic heterocycles. The summed E-state index contributed by atoms with van der Waals surface area (Å²) >= 11 is 0. The highest BCUT2D eigenvalue weighted by Gasteiger charge is 1.66. The molecule has 0 spiro atoms. The number of nitrogens with zero attached hydrogens (tertiary/aromatic N) is 2. The fourth-order valence-corrected chi connectivity index (χ4v) is 0.141. The lowest BCUT2D eigenvalue weighted by Gasteiger charge is -1.74. The average molecular weight is 84.1 g/mol. The maximum Gasteiger partial charge on any atom is 0.0343 e. The third-order valence-electron chi connectivity index (χ3n) is 0.271. The van der Waals surface area contributed by atoms with Crippen molar-refractivity contribution in [2.45, 2.75) is 13.8 Å². The van der Waals surface area contributed by atoms with Crippen LogP contribution < -0.4 is 0 Å². The third-order valence-corrected chi connectivity index (χ3v) is 0.271. The highest BCUT2D eigenvalue weighted by Crippen LogP contribution is 1.70. The molecule has 0 bridgehead atoms. The normalized spacial score (nSPS) is 7.00. The van der Waals surface area contributed by atoms with E-state index in [2.05, 4.69) is 16.9 Å². The van der Waals surface area contributed by atoms with E-state index in [1.165, 1.54) is 0 Å². The molecule has 0 rings (SSSR count). The van der Waals surface area contributed by atoms with Crippen LogP contribution in [0.5, 0.6) is 0 Å². The van der Waals surface area contributed by atoms with E-state index in [4.69, 9.17) is 0 Å². The smallest absolute Gasteiger partial charge is 0.0343 e. The van der Waals surface area contributed by atoms with Crippen LogP contribution in [0.4, 0.5) is 0 Å². The second kappa shape index (κ2) is 2.57. The Morgan fingerprint density at radius 2 is 2.00 bits per heavy atom. The van der Waals surface area contributed by atoms with Crippen LogP contribution in [-0.4, -0.2) is 12.4 Å². The van der Waals surface area contributed by atoms with Crippen molar-refractivity contribution in [1.29, 1.82) is 0 Å². The summed E-state index contributed by atoms with van der Waals surface area (Å²) in [5.41, 5.74) is 0.935. The van der Waals surface area contributed by atoms with Crippen molar-refractivity contribution in [3.05, 3.63) is 0 Å². The minimum absolute atomic E-state index is 0.935. The highest BCUT2D eigenvalue weighted by atomic mass is 15.2. The Kier molecular flexibility index (Phi) is 2.29. The molecule has 0 saturated carbocycles. The molecule has 0 heterocycles. The van der Waals surface area contributed by atoms with E-state index in [9.17, 15) is 0 Å². The van der Waals surface area contributed by atoms with Crippen molar-refractivity contribution < 1.29 is 0 Å². The van der Waals surface area contributed by atoms with Crippen molar-refractivity contribution in [2.75, 3.05) is 0 Å². The summed E-state index contributed by atoms with van der Waals surface area (Å²) in [6.45, 7) is 6.90. The zero-order valence-corrected chi connectivity index (χ0v) is 4.10. The highest BCUT2D eigenvalue weighted by molar-refractivity contribution is 5.78. The lowest BCUT2D eigenvalue weighted by atomic mass is 10.5. The fraction of sp³-hybridized carbons (Fsp3) is 0.500. The van der Waals surface area contributed by atoms with E-state index in [0.717, 1.165) is 5.71 Å². The Morgan fingerprint density at radius 1 is 1.50 bits per heavy atom. The van der Waals surface area contributed by atoms with E-state index in [-0.39, 0.29) is 0 Å². The Hall–Kier alpha value is -0.660. The molecule has 0 amide bonds. The summed E-state index contributed by atoms with van der Waals surface area (Å²) in [7, 11) is 0. The van der Waals surface area contributed by atoms with Crippen LogP contribution in [-0.2, 0) is 0 Å². The molecule has 0 fully saturated rings. The third kappa shape index (κ3) is 3.34. The predicted molar refractivity (Wildman–Crippen MR) is 28.3 cm³/mol. The molecule has 0 saturated heterocycles. The van der Waals surface area contributed by atoms with E-state index in [0.29, 0.717) is 0 Å². The summed E-state index contributed by atoms with van der Waals surface area (Å²) in [4.78, 5) is 0. The first-order valence-electron chi connectivity index (χ1n) is 1.74. The van der Waals surface area contributed by atoms with Crippen LogP contribution in [0.3, 0.4) is 0 Å². The molecule has 34 valence electrons. The quantitative estimate of drug-likeness (QED) is 0.335. The SMILES string of the molecule is C=NN=C(C)C. The molecular weight excluding hydrogens is 76.1 g/mol. The van der Waals surface area contributed by atoms with Gasteiger partial charge < -0.3 is 0 Å². The Labute approximate surface area is 37.6 Å². The van der Waals surface area contributed by atoms with Gasteiger partial charge in [0.2, 0.25) is 0 Å². The summed E-state index contributed by atoms with van der Waals surface area (Å²) in [6, 6.07) is 0. The summed E-state index contributed by atoms with van der Waals surface area (Å²) in [6.07, 6.45) is 0. The maximum atomic E-state index is 3.56. The fourth-order valence-electron chi connectivity index (χ4n) is 0.141. The second-order valence-electron chi connectivity index (χ2n) is 1.19. The molecule has 0 aromatic heterocycles. The molecule has 0 aromatic carbocycles. The Bertz CT molecular complexity index is 69.6. The van der Waals surface area contributed by atoms with E-state index in [1.807, 2.05) is 13.8 Å². The van der Waals surface area contributed by atoms with Gasteiger partial charge in [-0.3, -0.25) is 0 Å². The first-order valence-corrected chi connectivity index (χ1v) is 1.74. The van der Waals surface area contributed by atoms with Gasteiger partial charge >= 0.3 is 0 Å². The van der Waals surface area contributed by atoms with Crippen LogP contribution in [0.1, 0.15) is 13.8 Å². The van der Waals surface area contributed by atoms with Crippen molar-refractivity contribution >= 4 is 12.4 Å². The second-order valence-corrected chi connectivity index (χ2v) is 1.19.